The predicted molar refractivity (Wildman–Crippen MR) is 50.2 cm³/mol. The number of aliphatic carboxylic acids is 1. The fourth-order valence-corrected chi connectivity index (χ4v) is 1.56. The average Bonchev–Trinajstić information content (AvgIpc) is 2.03. The van der Waals surface area contributed by atoms with Crippen LogP contribution in [0, 0.1) is 0 Å². The van der Waals surface area contributed by atoms with Crippen molar-refractivity contribution >= 4 is 5.97 Å². The Bertz CT molecular complexity index is 214. The van der Waals surface area contributed by atoms with Crippen molar-refractivity contribution in [3.05, 3.63) is 11.9 Å². The Morgan fingerprint density at radius 3 is 2.46 bits per heavy atom. The number of carboxylic acid groups (broad SMARTS) is 1. The molecule has 4 heteroatoms. The van der Waals surface area contributed by atoms with Crippen LogP contribution < -0.4 is 0 Å². The molecule has 13 heavy (non-hydrogen) atoms. The van der Waals surface area contributed by atoms with Gasteiger partial charge in [0.15, 0.2) is 0 Å². The topological polar surface area (TPSA) is 43.8 Å². The molecule has 0 aromatic carbocycles. The summed E-state index contributed by atoms with van der Waals surface area (Å²) >= 11 is 0. The monoisotopic (exact) mass is 184 g/mol. The SMILES string of the molecule is CN1CCCN(C)C1=CCC(=O)O. The number of hydrogen-bond donors (Lipinski definition) is 1. The lowest BCUT2D eigenvalue weighted by Gasteiger charge is -2.36. The number of carboxylic acids is 1. The van der Waals surface area contributed by atoms with E-state index < -0.39 is 5.97 Å². The maximum absolute atomic E-state index is 10.4. The first-order valence-corrected chi connectivity index (χ1v) is 4.45. The van der Waals surface area contributed by atoms with Gasteiger partial charge in [-0.2, -0.15) is 0 Å². The molecule has 1 aliphatic rings. The van der Waals surface area contributed by atoms with Gasteiger partial charge >= 0.3 is 5.97 Å². The molecule has 0 amide bonds. The minimum absolute atomic E-state index is 0.101. The Kier molecular flexibility index (Phi) is 3.17. The van der Waals surface area contributed by atoms with Crippen LogP contribution in [0.5, 0.6) is 0 Å². The van der Waals surface area contributed by atoms with Gasteiger partial charge in [0.2, 0.25) is 0 Å². The van der Waals surface area contributed by atoms with Gasteiger partial charge in [0.05, 0.1) is 12.2 Å². The number of rotatable bonds is 2. The van der Waals surface area contributed by atoms with Crippen LogP contribution in [0.25, 0.3) is 0 Å². The van der Waals surface area contributed by atoms with Crippen LogP contribution in [-0.2, 0) is 4.79 Å². The van der Waals surface area contributed by atoms with E-state index in [0.29, 0.717) is 0 Å². The molecule has 1 saturated heterocycles. The van der Waals surface area contributed by atoms with E-state index in [1.54, 1.807) is 6.08 Å². The summed E-state index contributed by atoms with van der Waals surface area (Å²) in [6.07, 6.45) is 3.00. The number of hydrogen-bond acceptors (Lipinski definition) is 3. The Morgan fingerprint density at radius 1 is 1.46 bits per heavy atom. The van der Waals surface area contributed by atoms with Gasteiger partial charge in [-0.3, -0.25) is 4.79 Å². The number of nitrogens with zero attached hydrogens (tertiary/aromatic N) is 2. The highest BCUT2D eigenvalue weighted by atomic mass is 16.4. The third kappa shape index (κ3) is 2.65. The van der Waals surface area contributed by atoms with Crippen molar-refractivity contribution in [2.75, 3.05) is 27.2 Å². The van der Waals surface area contributed by atoms with Gasteiger partial charge in [-0.15, -0.1) is 0 Å². The maximum atomic E-state index is 10.4. The molecule has 1 N–H and O–H groups in total. The van der Waals surface area contributed by atoms with Gasteiger partial charge in [-0.1, -0.05) is 0 Å². The highest BCUT2D eigenvalue weighted by Crippen LogP contribution is 2.14. The zero-order valence-electron chi connectivity index (χ0n) is 8.16. The molecule has 1 aliphatic heterocycles. The average molecular weight is 184 g/mol. The fourth-order valence-electron chi connectivity index (χ4n) is 1.56. The summed E-state index contributed by atoms with van der Waals surface area (Å²) in [5, 5.41) is 8.54. The standard InChI is InChI=1S/C9H16N2O2/c1-10-6-3-7-11(2)8(10)4-5-9(12)13/h4H,3,5-7H2,1-2H3,(H,12,13). The summed E-state index contributed by atoms with van der Waals surface area (Å²) in [6, 6.07) is 0. The van der Waals surface area contributed by atoms with Gasteiger partial charge in [-0.05, 0) is 12.5 Å². The van der Waals surface area contributed by atoms with Crippen LogP contribution in [0.15, 0.2) is 11.9 Å². The van der Waals surface area contributed by atoms with Gasteiger partial charge in [0.25, 0.3) is 0 Å². The fraction of sp³-hybridized carbons (Fsp3) is 0.667. The molecule has 0 radical (unpaired) electrons. The van der Waals surface area contributed by atoms with Crippen molar-refractivity contribution in [3.8, 4) is 0 Å². The number of carbonyl (C=O) groups is 1. The molecule has 1 fully saturated rings. The minimum atomic E-state index is -0.778. The maximum Gasteiger partial charge on any atom is 0.307 e. The van der Waals surface area contributed by atoms with Crippen molar-refractivity contribution in [1.29, 1.82) is 0 Å². The molecule has 0 saturated carbocycles. The summed E-state index contributed by atoms with van der Waals surface area (Å²) < 4.78 is 0. The van der Waals surface area contributed by atoms with E-state index in [-0.39, 0.29) is 6.42 Å². The molecule has 0 unspecified atom stereocenters. The van der Waals surface area contributed by atoms with Gasteiger partial charge < -0.3 is 14.9 Å². The molecule has 0 atom stereocenters. The summed E-state index contributed by atoms with van der Waals surface area (Å²) in [7, 11) is 3.98. The predicted octanol–water partition coefficient (Wildman–Crippen LogP) is 0.570. The van der Waals surface area contributed by atoms with E-state index in [1.807, 2.05) is 14.1 Å². The minimum Gasteiger partial charge on any atom is -0.481 e. The first kappa shape index (κ1) is 9.89. The third-order valence-corrected chi connectivity index (χ3v) is 2.23. The van der Waals surface area contributed by atoms with E-state index in [0.717, 1.165) is 25.3 Å². The summed E-state index contributed by atoms with van der Waals surface area (Å²) in [4.78, 5) is 14.6. The van der Waals surface area contributed by atoms with Crippen molar-refractivity contribution in [2.24, 2.45) is 0 Å². The van der Waals surface area contributed by atoms with Gasteiger partial charge in [0.1, 0.15) is 0 Å². The zero-order valence-corrected chi connectivity index (χ0v) is 8.16. The highest BCUT2D eigenvalue weighted by Gasteiger charge is 2.15. The molecule has 0 aromatic rings. The lowest BCUT2D eigenvalue weighted by atomic mass is 10.2. The Morgan fingerprint density at radius 2 is 2.00 bits per heavy atom. The normalized spacial score (nSPS) is 17.5. The Hall–Kier alpha value is -1.19. The highest BCUT2D eigenvalue weighted by molar-refractivity contribution is 5.68. The van der Waals surface area contributed by atoms with E-state index >= 15 is 0 Å². The lowest BCUT2D eigenvalue weighted by Crippen LogP contribution is -2.38. The van der Waals surface area contributed by atoms with Crippen LogP contribution in [0.4, 0.5) is 0 Å². The molecule has 0 bridgehead atoms. The van der Waals surface area contributed by atoms with Crippen molar-refractivity contribution in [2.45, 2.75) is 12.8 Å². The van der Waals surface area contributed by atoms with E-state index in [1.165, 1.54) is 0 Å². The second-order valence-electron chi connectivity index (χ2n) is 3.36. The second kappa shape index (κ2) is 4.16. The van der Waals surface area contributed by atoms with E-state index in [4.69, 9.17) is 5.11 Å². The van der Waals surface area contributed by atoms with Crippen LogP contribution in [-0.4, -0.2) is 48.1 Å². The van der Waals surface area contributed by atoms with Crippen molar-refractivity contribution in [1.82, 2.24) is 9.80 Å². The first-order valence-electron chi connectivity index (χ1n) is 4.45. The summed E-state index contributed by atoms with van der Waals surface area (Å²) in [5.41, 5.74) is 0. The van der Waals surface area contributed by atoms with Crippen LogP contribution in [0.2, 0.25) is 0 Å². The van der Waals surface area contributed by atoms with Gasteiger partial charge in [0, 0.05) is 27.2 Å². The van der Waals surface area contributed by atoms with Crippen LogP contribution >= 0.6 is 0 Å². The molecule has 74 valence electrons. The molecule has 0 aliphatic carbocycles. The third-order valence-electron chi connectivity index (χ3n) is 2.23. The molecule has 1 heterocycles. The largest absolute Gasteiger partial charge is 0.481 e. The molecule has 0 aromatic heterocycles. The van der Waals surface area contributed by atoms with Crippen molar-refractivity contribution < 1.29 is 9.90 Å². The van der Waals surface area contributed by atoms with E-state index in [2.05, 4.69) is 9.80 Å². The van der Waals surface area contributed by atoms with Crippen LogP contribution in [0.1, 0.15) is 12.8 Å². The quantitative estimate of drug-likeness (QED) is 0.681. The summed E-state index contributed by atoms with van der Waals surface area (Å²) in [6.45, 7) is 2.02. The Labute approximate surface area is 78.4 Å². The van der Waals surface area contributed by atoms with Crippen molar-refractivity contribution in [3.63, 3.8) is 0 Å². The molecule has 4 nitrogen and oxygen atoms in total. The smallest absolute Gasteiger partial charge is 0.307 e. The van der Waals surface area contributed by atoms with E-state index in [9.17, 15) is 4.79 Å². The molecule has 0 spiro atoms. The molecular weight excluding hydrogens is 168 g/mol. The lowest BCUT2D eigenvalue weighted by molar-refractivity contribution is -0.136. The first-order chi connectivity index (χ1) is 6.11. The molecular formula is C9H16N2O2. The zero-order chi connectivity index (χ0) is 9.84. The Balaban J connectivity index is 2.62. The molecule has 1 rings (SSSR count). The van der Waals surface area contributed by atoms with Gasteiger partial charge in [-0.25, -0.2) is 0 Å². The second-order valence-corrected chi connectivity index (χ2v) is 3.36. The van der Waals surface area contributed by atoms with Crippen LogP contribution in [0.3, 0.4) is 0 Å². The summed E-state index contributed by atoms with van der Waals surface area (Å²) in [5.74, 6) is 0.244.